The van der Waals surface area contributed by atoms with Gasteiger partial charge < -0.3 is 24.9 Å². The van der Waals surface area contributed by atoms with Gasteiger partial charge in [-0.3, -0.25) is 79.0 Å². The second kappa shape index (κ2) is 39.5. The molecule has 0 saturated carbocycles. The number of aromatic nitrogens is 16. The Bertz CT molecular complexity index is 7220. The maximum atomic E-state index is 12.9. The summed E-state index contributed by atoms with van der Waals surface area (Å²) in [6.07, 6.45) is 29.9. The topological polar surface area (TPSA) is 337 Å². The molecule has 0 fully saturated rings. The molecule has 0 bridgehead atoms. The van der Waals surface area contributed by atoms with Gasteiger partial charge in [0.25, 0.3) is 5.91 Å². The molecule has 10 aromatic heterocycles. The van der Waals surface area contributed by atoms with Crippen LogP contribution >= 0.6 is 56.9 Å². The van der Waals surface area contributed by atoms with Crippen LogP contribution in [-0.2, 0) is 50.2 Å². The molecule has 2 N–H and O–H groups in total. The lowest BCUT2D eigenvalue weighted by atomic mass is 10.0. The van der Waals surface area contributed by atoms with Crippen molar-refractivity contribution in [3.05, 3.63) is 372 Å². The molecule has 127 heavy (non-hydrogen) atoms. The fourth-order valence-electron chi connectivity index (χ4n) is 14.5. The van der Waals surface area contributed by atoms with Crippen molar-refractivity contribution in [1.29, 1.82) is 0 Å². The second-order valence-electron chi connectivity index (χ2n) is 29.2. The first-order chi connectivity index (χ1) is 62.1. The van der Waals surface area contributed by atoms with Crippen LogP contribution in [0, 0.1) is 0 Å². The first-order valence-electron chi connectivity index (χ1n) is 40.1. The lowest BCUT2D eigenvalue weighted by molar-refractivity contribution is -0.0756. The van der Waals surface area contributed by atoms with Crippen LogP contribution < -0.4 is 14.7 Å². The molecule has 19 aromatic rings. The van der Waals surface area contributed by atoms with Gasteiger partial charge in [-0.15, -0.1) is 11.3 Å². The van der Waals surface area contributed by atoms with Gasteiger partial charge in [0, 0.05) is 161 Å². The molecule has 0 spiro atoms. The van der Waals surface area contributed by atoms with Crippen LogP contribution in [0.25, 0.3) is 66.2 Å². The first kappa shape index (κ1) is 84.6. The van der Waals surface area contributed by atoms with Crippen molar-refractivity contribution in [2.75, 3.05) is 48.5 Å². The minimum absolute atomic E-state index is 0.0243. The van der Waals surface area contributed by atoms with Gasteiger partial charge in [0.15, 0.2) is 19.9 Å². The van der Waals surface area contributed by atoms with Gasteiger partial charge in [-0.1, -0.05) is 131 Å². The van der Waals surface area contributed by atoms with E-state index < -0.39 is 12.1 Å². The van der Waals surface area contributed by atoms with E-state index in [9.17, 15) is 24.3 Å². The van der Waals surface area contributed by atoms with Crippen molar-refractivity contribution in [3.63, 3.8) is 0 Å². The first-order valence-corrected chi connectivity index (χ1v) is 43.8. The van der Waals surface area contributed by atoms with Crippen LogP contribution in [0.4, 0.5) is 15.4 Å². The quantitative estimate of drug-likeness (QED) is 0.0754. The summed E-state index contributed by atoms with van der Waals surface area (Å²) in [4.78, 5) is 131. The highest BCUT2D eigenvalue weighted by atomic mass is 35.5. The summed E-state index contributed by atoms with van der Waals surface area (Å²) in [5.41, 5.74) is 21.6. The monoisotopic (exact) mass is 1770 g/mol. The fraction of sp³-hybridized carbons (Fsp3) is 0.137. The van der Waals surface area contributed by atoms with Gasteiger partial charge in [0.2, 0.25) is 11.6 Å². The van der Waals surface area contributed by atoms with Crippen LogP contribution in [0.15, 0.2) is 281 Å². The predicted molar refractivity (Wildman–Crippen MR) is 494 cm³/mol. The Morgan fingerprint density at radius 1 is 0.386 bits per heavy atom. The summed E-state index contributed by atoms with van der Waals surface area (Å²) >= 11 is 11.7. The molecule has 0 radical (unpaired) electrons. The molecule has 3 aliphatic rings. The molecule has 13 heterocycles. The molecule has 22 rings (SSSR count). The molecular formula is C95H75ClN20O7S4. The largest absolute Gasteiger partial charge is 0.478 e. The molecule has 3 aliphatic heterocycles. The molecule has 32 heteroatoms. The number of aliphatic hydroxyl groups excluding tert-OH is 1. The molecule has 27 nitrogen and oxygen atoms in total. The molecule has 1 amide bonds. The summed E-state index contributed by atoms with van der Waals surface area (Å²) in [6, 6.07) is 58.3. The van der Waals surface area contributed by atoms with Crippen molar-refractivity contribution < 1.29 is 34.2 Å². The number of carbonyl (C=O) groups is 4. The smallest absolute Gasteiger partial charge is 0.335 e. The van der Waals surface area contributed by atoms with Gasteiger partial charge in [0.05, 0.1) is 106 Å². The number of hydrogen-bond donors (Lipinski definition) is 2. The molecule has 628 valence electrons. The average molecular weight is 1770 g/mol. The van der Waals surface area contributed by atoms with E-state index in [-0.39, 0.29) is 23.0 Å². The minimum Gasteiger partial charge on any atom is -0.478 e. The highest BCUT2D eigenvalue weighted by Gasteiger charge is 2.26. The number of hydrogen-bond acceptors (Lipinski definition) is 29. The van der Waals surface area contributed by atoms with Gasteiger partial charge in [-0.25, -0.2) is 29.8 Å². The van der Waals surface area contributed by atoms with E-state index in [0.29, 0.717) is 53.0 Å². The number of hydroxylamine groups is 2. The number of thiazole rings is 4. The van der Waals surface area contributed by atoms with Crippen LogP contribution in [0.5, 0.6) is 0 Å². The number of anilines is 3. The Hall–Kier alpha value is -14.6. The highest BCUT2D eigenvalue weighted by molar-refractivity contribution is 7.18. The van der Waals surface area contributed by atoms with E-state index in [4.69, 9.17) is 21.5 Å². The maximum Gasteiger partial charge on any atom is 0.335 e. The Morgan fingerprint density at radius 2 is 0.740 bits per heavy atom. The number of carboxylic acids is 1. The minimum atomic E-state index is -0.951. The molecule has 9 aromatic carbocycles. The zero-order valence-corrected chi connectivity index (χ0v) is 72.1. The Labute approximate surface area is 747 Å². The molecule has 0 aliphatic carbocycles. The lowest BCUT2D eigenvalue weighted by Crippen LogP contribution is -2.30. The summed E-state index contributed by atoms with van der Waals surface area (Å²) in [7, 11) is 3.00. The van der Waals surface area contributed by atoms with E-state index in [0.717, 1.165) is 151 Å². The number of nitrogens with zero attached hydrogens (tertiary/aromatic N) is 20. The summed E-state index contributed by atoms with van der Waals surface area (Å²) in [6.45, 7) is 5.56. The van der Waals surface area contributed by atoms with Crippen molar-refractivity contribution >= 4 is 162 Å². The third kappa shape index (κ3) is 20.5. The number of carboxylic acid groups (broad SMARTS) is 1. The summed E-state index contributed by atoms with van der Waals surface area (Å²) < 4.78 is 0.360. The summed E-state index contributed by atoms with van der Waals surface area (Å²) in [5, 5.41) is 23.7. The van der Waals surface area contributed by atoms with Crippen molar-refractivity contribution in [3.8, 4) is 0 Å². The number of halogens is 1. The third-order valence-electron chi connectivity index (χ3n) is 21.1. The van der Waals surface area contributed by atoms with Crippen LogP contribution in [-0.4, -0.2) is 152 Å². The number of aliphatic hydroxyl groups is 1. The molecular weight excluding hydrogens is 1700 g/mol. The van der Waals surface area contributed by atoms with E-state index >= 15 is 0 Å². The lowest BCUT2D eigenvalue weighted by Gasteiger charge is -2.28. The Balaban J connectivity index is 0.000000109. The SMILES string of the molecule is CON(C)C(=O)c1ccc2nccnc2c1.O=C(O)c1ccc2nccnc2c1.O=C(c1ccc2nccnc2c1)c1cnc(Cl)s1.O=C(c1ccc2nccnc2c1)c1cnc(N2CCc3ccccc3C2)s1.OC(c1ccc2nccnc2c1)c1cnc(N2CCc3ccccc3C2)s1.c1ccc2c(c1)CCN(c1ncc(Cc3ccc4nccnc4c3)s1)C2. The van der Waals surface area contributed by atoms with E-state index in [1.165, 1.54) is 86.8 Å². The maximum absolute atomic E-state index is 12.9. The zero-order valence-electron chi connectivity index (χ0n) is 68.1. The van der Waals surface area contributed by atoms with Crippen LogP contribution in [0.2, 0.25) is 4.47 Å². The molecule has 1 atom stereocenters. The van der Waals surface area contributed by atoms with Crippen molar-refractivity contribution in [1.82, 2.24) is 84.8 Å². The average Bonchev–Trinajstić information content (AvgIpc) is 1.66. The molecule has 1 unspecified atom stereocenters. The number of benzene rings is 9. The third-order valence-corrected chi connectivity index (χ3v) is 25.5. The van der Waals surface area contributed by atoms with Crippen LogP contribution in [0.1, 0.15) is 112 Å². The standard InChI is InChI=1S/C21H18N4OS.C21H16N4OS.C21H18N4S.C12H6ClN3OS.C11H11N3O2.C9H6N2O2/c2*26-20(15-5-6-17-18(11-15)23-9-8-22-17)19-12-24-21(27-19)25-10-7-14-3-1-2-4-16(14)13-25;1-2-4-17-14-25(10-7-16(17)3-1)21-24-13-18(26-21)11-15-5-6-19-20(12-15)23-9-8-22-19;13-12-16-6-10(18-12)11(17)7-1-2-8-9(5-7)15-4-3-14-8;1-14(16-2)11(15)8-3-4-9-10(7-8)13-6-5-12-9;12-9(13)6-1-2-7-8(5-6)11-4-3-10-7/h1-6,8-9,11-12,20,26H,7,10,13H2;1-6,8-9,11-12H,7,10,13H2;1-6,8-9,12-13H,7,10-11,14H2;1-6H;3-7H,1-2H3;1-5H,(H,12,13). The van der Waals surface area contributed by atoms with Crippen molar-refractivity contribution in [2.24, 2.45) is 0 Å². The van der Waals surface area contributed by atoms with Gasteiger partial charge in [-0.05, 0) is 161 Å². The summed E-state index contributed by atoms with van der Waals surface area (Å²) in [5.74, 6) is -1.29. The number of amides is 1. The number of ketones is 2. The Morgan fingerprint density at radius 3 is 1.19 bits per heavy atom. The van der Waals surface area contributed by atoms with Gasteiger partial charge >= 0.3 is 5.97 Å². The zero-order chi connectivity index (χ0) is 87.1. The van der Waals surface area contributed by atoms with E-state index in [1.807, 2.05) is 36.5 Å². The number of fused-ring (bicyclic) bond motifs is 9. The second-order valence-corrected chi connectivity index (χ2v) is 34.0. The number of rotatable bonds is 14. The Kier molecular flexibility index (Phi) is 26.3. The van der Waals surface area contributed by atoms with E-state index in [2.05, 4.69) is 179 Å². The molecule has 0 saturated heterocycles. The normalized spacial score (nSPS) is 12.7. The van der Waals surface area contributed by atoms with Crippen LogP contribution in [0.3, 0.4) is 0 Å². The van der Waals surface area contributed by atoms with Crippen molar-refractivity contribution in [2.45, 2.75) is 51.4 Å². The number of carbonyl (C=O) groups excluding carboxylic acids is 3. The predicted octanol–water partition coefficient (Wildman–Crippen LogP) is 17.4. The van der Waals surface area contributed by atoms with Gasteiger partial charge in [-0.2, -0.15) is 0 Å². The van der Waals surface area contributed by atoms with Gasteiger partial charge in [0.1, 0.15) is 6.10 Å². The fourth-order valence-corrected chi connectivity index (χ4v) is 18.2. The highest BCUT2D eigenvalue weighted by Crippen LogP contribution is 2.36. The van der Waals surface area contributed by atoms with E-state index in [1.54, 1.807) is 165 Å². The number of aromatic carboxylic acids is 1.